The van der Waals surface area contributed by atoms with Crippen LogP contribution in [0.2, 0.25) is 0 Å². The predicted octanol–water partition coefficient (Wildman–Crippen LogP) is 2.85. The third kappa shape index (κ3) is 3.10. The first-order valence-corrected chi connectivity index (χ1v) is 9.34. The molecule has 4 heterocycles. The third-order valence-electron chi connectivity index (χ3n) is 4.82. The highest BCUT2D eigenvalue weighted by Gasteiger charge is 2.31. The molecule has 0 N–H and O–H groups in total. The smallest absolute Gasteiger partial charge is 0.225 e. The van der Waals surface area contributed by atoms with Crippen molar-refractivity contribution in [1.82, 2.24) is 15.0 Å². The number of likely N-dealkylation sites (tertiary alicyclic amines) is 1. The molecule has 2 atom stereocenters. The van der Waals surface area contributed by atoms with Crippen molar-refractivity contribution in [2.75, 3.05) is 19.7 Å². The minimum atomic E-state index is -0.0969. The van der Waals surface area contributed by atoms with Crippen LogP contribution in [0, 0.1) is 6.92 Å². The Hall–Kier alpha value is -1.73. The van der Waals surface area contributed by atoms with E-state index in [2.05, 4.69) is 21.6 Å². The van der Waals surface area contributed by atoms with E-state index in [0.29, 0.717) is 25.5 Å². The lowest BCUT2D eigenvalue weighted by Crippen LogP contribution is -2.40. The number of aromatic nitrogens is 2. The Kier molecular flexibility index (Phi) is 4.37. The van der Waals surface area contributed by atoms with E-state index in [1.54, 1.807) is 18.3 Å². The number of ether oxygens (including phenoxy) is 1. The molecule has 7 heteroatoms. The van der Waals surface area contributed by atoms with Gasteiger partial charge in [-0.3, -0.25) is 4.79 Å². The Bertz CT molecular complexity index is 726. The largest absolute Gasteiger partial charge is 0.373 e. The maximum Gasteiger partial charge on any atom is 0.225 e. The Balaban J connectivity index is 1.42. The number of hydrogen-bond donors (Lipinski definition) is 0. The summed E-state index contributed by atoms with van der Waals surface area (Å²) in [6, 6.07) is 2.10. The lowest BCUT2D eigenvalue weighted by molar-refractivity contribution is -0.136. The fourth-order valence-electron chi connectivity index (χ4n) is 3.58. The molecule has 2 aliphatic heterocycles. The van der Waals surface area contributed by atoms with Gasteiger partial charge in [0.25, 0.3) is 0 Å². The average Bonchev–Trinajstić information content (AvgIpc) is 3.24. The summed E-state index contributed by atoms with van der Waals surface area (Å²) in [5, 5.41) is 6.11. The molecule has 128 valence electrons. The van der Waals surface area contributed by atoms with E-state index >= 15 is 0 Å². The maximum atomic E-state index is 12.8. The molecule has 0 unspecified atom stereocenters. The van der Waals surface area contributed by atoms with Gasteiger partial charge in [-0.25, -0.2) is 0 Å². The molecule has 2 aromatic heterocycles. The monoisotopic (exact) mass is 347 g/mol. The molecule has 0 saturated carbocycles. The first kappa shape index (κ1) is 15.8. The van der Waals surface area contributed by atoms with Gasteiger partial charge in [-0.15, -0.1) is 11.3 Å². The lowest BCUT2D eigenvalue weighted by atomic mass is 9.96. The number of thiophene rings is 1. The van der Waals surface area contributed by atoms with E-state index in [9.17, 15) is 4.79 Å². The van der Waals surface area contributed by atoms with Crippen LogP contribution in [0.15, 0.2) is 16.0 Å². The molecule has 0 aromatic carbocycles. The molecule has 0 spiro atoms. The van der Waals surface area contributed by atoms with Gasteiger partial charge in [0.05, 0.1) is 19.1 Å². The van der Waals surface area contributed by atoms with Crippen molar-refractivity contribution in [3.05, 3.63) is 33.6 Å². The van der Waals surface area contributed by atoms with E-state index in [1.165, 1.54) is 10.4 Å². The lowest BCUT2D eigenvalue weighted by Gasteiger charge is -2.33. The fourth-order valence-corrected chi connectivity index (χ4v) is 4.49. The van der Waals surface area contributed by atoms with Gasteiger partial charge in [0.15, 0.2) is 5.82 Å². The quantitative estimate of drug-likeness (QED) is 0.854. The Morgan fingerprint density at radius 3 is 3.25 bits per heavy atom. The molecule has 2 aliphatic rings. The van der Waals surface area contributed by atoms with Crippen molar-refractivity contribution in [3.63, 3.8) is 0 Å². The van der Waals surface area contributed by atoms with Crippen LogP contribution in [0.25, 0.3) is 0 Å². The summed E-state index contributed by atoms with van der Waals surface area (Å²) in [6.45, 7) is 3.97. The van der Waals surface area contributed by atoms with Gasteiger partial charge < -0.3 is 14.2 Å². The zero-order valence-corrected chi connectivity index (χ0v) is 14.6. The Labute approximate surface area is 144 Å². The molecule has 0 aliphatic carbocycles. The van der Waals surface area contributed by atoms with Crippen molar-refractivity contribution < 1.29 is 14.1 Å². The van der Waals surface area contributed by atoms with Gasteiger partial charge in [-0.05, 0) is 29.9 Å². The topological polar surface area (TPSA) is 68.5 Å². The normalized spacial score (nSPS) is 24.0. The molecule has 2 aromatic rings. The second kappa shape index (κ2) is 6.64. The first-order chi connectivity index (χ1) is 11.7. The van der Waals surface area contributed by atoms with Crippen LogP contribution in [-0.2, 0) is 16.0 Å². The zero-order chi connectivity index (χ0) is 16.5. The van der Waals surface area contributed by atoms with Crippen LogP contribution in [0.4, 0.5) is 0 Å². The van der Waals surface area contributed by atoms with Gasteiger partial charge in [0.1, 0.15) is 0 Å². The summed E-state index contributed by atoms with van der Waals surface area (Å²) in [6.07, 6.45) is 3.25. The highest BCUT2D eigenvalue weighted by Crippen LogP contribution is 2.34. The van der Waals surface area contributed by atoms with Crippen LogP contribution in [0.3, 0.4) is 0 Å². The first-order valence-electron chi connectivity index (χ1n) is 8.46. The van der Waals surface area contributed by atoms with Crippen molar-refractivity contribution in [2.24, 2.45) is 0 Å². The molecule has 0 radical (unpaired) electrons. The van der Waals surface area contributed by atoms with Crippen LogP contribution in [-0.4, -0.2) is 40.6 Å². The number of nitrogens with zero attached hydrogens (tertiary/aromatic N) is 3. The van der Waals surface area contributed by atoms with E-state index in [-0.39, 0.29) is 17.9 Å². The van der Waals surface area contributed by atoms with Gasteiger partial charge >= 0.3 is 0 Å². The van der Waals surface area contributed by atoms with Gasteiger partial charge in [0, 0.05) is 37.2 Å². The SMILES string of the molecule is Cc1nc([C@@H]2CCCN(C(=O)C[C@H]3OCCc4sccc43)C2)no1. The molecule has 24 heavy (non-hydrogen) atoms. The summed E-state index contributed by atoms with van der Waals surface area (Å²) in [5.41, 5.74) is 1.20. The van der Waals surface area contributed by atoms with E-state index in [0.717, 1.165) is 31.6 Å². The number of amides is 1. The number of carbonyl (C=O) groups is 1. The second-order valence-corrected chi connectivity index (χ2v) is 7.46. The Morgan fingerprint density at radius 2 is 2.42 bits per heavy atom. The average molecular weight is 347 g/mol. The van der Waals surface area contributed by atoms with Crippen molar-refractivity contribution >= 4 is 17.2 Å². The van der Waals surface area contributed by atoms with E-state index < -0.39 is 0 Å². The van der Waals surface area contributed by atoms with Crippen LogP contribution < -0.4 is 0 Å². The molecule has 0 bridgehead atoms. The molecule has 4 rings (SSSR count). The Morgan fingerprint density at radius 1 is 1.50 bits per heavy atom. The maximum absolute atomic E-state index is 12.8. The van der Waals surface area contributed by atoms with Crippen LogP contribution in [0.5, 0.6) is 0 Å². The highest BCUT2D eigenvalue weighted by atomic mass is 32.1. The number of aryl methyl sites for hydroxylation is 1. The van der Waals surface area contributed by atoms with Crippen molar-refractivity contribution in [3.8, 4) is 0 Å². The van der Waals surface area contributed by atoms with Crippen molar-refractivity contribution in [2.45, 2.75) is 44.6 Å². The predicted molar refractivity (Wildman–Crippen MR) is 88.9 cm³/mol. The molecule has 1 fully saturated rings. The van der Waals surface area contributed by atoms with Gasteiger partial charge in [-0.1, -0.05) is 5.16 Å². The summed E-state index contributed by atoms with van der Waals surface area (Å²) >= 11 is 1.76. The van der Waals surface area contributed by atoms with E-state index in [4.69, 9.17) is 9.26 Å². The van der Waals surface area contributed by atoms with Gasteiger partial charge in [-0.2, -0.15) is 4.98 Å². The van der Waals surface area contributed by atoms with Crippen LogP contribution in [0.1, 0.15) is 53.4 Å². The number of rotatable bonds is 3. The molecular weight excluding hydrogens is 326 g/mol. The number of fused-ring (bicyclic) bond motifs is 1. The molecular formula is C17H21N3O3S. The molecule has 1 amide bonds. The number of hydrogen-bond acceptors (Lipinski definition) is 6. The second-order valence-electron chi connectivity index (χ2n) is 6.46. The van der Waals surface area contributed by atoms with Gasteiger partial charge in [0.2, 0.25) is 11.8 Å². The van der Waals surface area contributed by atoms with Crippen molar-refractivity contribution in [1.29, 1.82) is 0 Å². The highest BCUT2D eigenvalue weighted by molar-refractivity contribution is 7.10. The standard InChI is InChI=1S/C17H21N3O3S/c1-11-18-17(19-23-11)12-3-2-6-20(10-12)16(21)9-14-13-5-8-24-15(13)4-7-22-14/h5,8,12,14H,2-4,6-7,9-10H2,1H3/t12-,14-/m1/s1. The summed E-state index contributed by atoms with van der Waals surface area (Å²) in [7, 11) is 0. The minimum absolute atomic E-state index is 0.0969. The zero-order valence-electron chi connectivity index (χ0n) is 13.7. The van der Waals surface area contributed by atoms with Crippen LogP contribution >= 0.6 is 11.3 Å². The minimum Gasteiger partial charge on any atom is -0.373 e. The molecule has 6 nitrogen and oxygen atoms in total. The third-order valence-corrected chi connectivity index (χ3v) is 5.81. The fraction of sp³-hybridized carbons (Fsp3) is 0.588. The number of carbonyl (C=O) groups excluding carboxylic acids is 1. The number of piperidine rings is 1. The van der Waals surface area contributed by atoms with E-state index in [1.807, 2.05) is 4.90 Å². The molecule has 1 saturated heterocycles. The summed E-state index contributed by atoms with van der Waals surface area (Å²) in [4.78, 5) is 20.4. The summed E-state index contributed by atoms with van der Waals surface area (Å²) < 4.78 is 10.9. The summed E-state index contributed by atoms with van der Waals surface area (Å²) in [5.74, 6) is 1.63.